The fourth-order valence-corrected chi connectivity index (χ4v) is 3.62. The molecular formula is C7H14ClNO3Si. The van der Waals surface area contributed by atoms with Gasteiger partial charge in [0, 0.05) is 14.2 Å². The van der Waals surface area contributed by atoms with Crippen molar-refractivity contribution in [1.29, 1.82) is 0 Å². The van der Waals surface area contributed by atoms with Crippen molar-refractivity contribution in [3.8, 4) is 0 Å². The number of hydrogen-bond acceptors (Lipinski definition) is 4. The van der Waals surface area contributed by atoms with E-state index in [1.807, 2.05) is 0 Å². The van der Waals surface area contributed by atoms with Gasteiger partial charge in [-0.25, -0.2) is 9.79 Å². The average molecular weight is 224 g/mol. The van der Waals surface area contributed by atoms with Crippen LogP contribution in [0.5, 0.6) is 0 Å². The summed E-state index contributed by atoms with van der Waals surface area (Å²) in [7, 11) is 1.00. The molecule has 0 radical (unpaired) electrons. The molecule has 0 saturated carbocycles. The summed E-state index contributed by atoms with van der Waals surface area (Å²) in [5.74, 6) is 0. The van der Waals surface area contributed by atoms with E-state index in [0.717, 1.165) is 12.5 Å². The minimum atomic E-state index is -2.19. The largest absolute Gasteiger partial charge is 0.397 e. The molecule has 0 unspecified atom stereocenters. The van der Waals surface area contributed by atoms with E-state index in [1.165, 1.54) is 6.08 Å². The van der Waals surface area contributed by atoms with Crippen LogP contribution >= 0.6 is 11.6 Å². The normalized spacial score (nSPS) is 11.0. The Morgan fingerprint density at radius 2 is 2.08 bits per heavy atom. The predicted octanol–water partition coefficient (Wildman–Crippen LogP) is 1.23. The fourth-order valence-electron chi connectivity index (χ4n) is 0.936. The van der Waals surface area contributed by atoms with E-state index in [1.54, 1.807) is 14.2 Å². The van der Waals surface area contributed by atoms with Gasteiger partial charge in [0.05, 0.1) is 12.0 Å². The summed E-state index contributed by atoms with van der Waals surface area (Å²) in [6.07, 6.45) is 2.23. The van der Waals surface area contributed by atoms with Crippen LogP contribution in [-0.2, 0) is 13.6 Å². The monoisotopic (exact) mass is 223 g/mol. The number of aliphatic imine (C=N–C) groups is 1. The maximum atomic E-state index is 9.77. The second-order valence-electron chi connectivity index (χ2n) is 2.53. The third-order valence-electron chi connectivity index (χ3n) is 1.84. The lowest BCUT2D eigenvalue weighted by atomic mass is 10.5. The van der Waals surface area contributed by atoms with Crippen molar-refractivity contribution in [3.63, 3.8) is 0 Å². The molecule has 13 heavy (non-hydrogen) atoms. The van der Waals surface area contributed by atoms with E-state index in [-0.39, 0.29) is 0 Å². The van der Waals surface area contributed by atoms with Gasteiger partial charge in [0.25, 0.3) is 0 Å². The van der Waals surface area contributed by atoms with Crippen molar-refractivity contribution < 1.29 is 13.6 Å². The maximum Gasteiger partial charge on any atom is 0.352 e. The van der Waals surface area contributed by atoms with Gasteiger partial charge < -0.3 is 8.85 Å². The van der Waals surface area contributed by atoms with E-state index < -0.39 is 8.56 Å². The Hall–Kier alpha value is -0.193. The molecule has 0 aliphatic heterocycles. The summed E-state index contributed by atoms with van der Waals surface area (Å²) >= 11 is 5.74. The van der Waals surface area contributed by atoms with E-state index >= 15 is 0 Å². The summed E-state index contributed by atoms with van der Waals surface area (Å²) in [4.78, 5) is 13.2. The molecule has 6 heteroatoms. The second kappa shape index (κ2) is 7.23. The van der Waals surface area contributed by atoms with Crippen LogP contribution in [0.2, 0.25) is 6.04 Å². The number of rotatable bonds is 7. The van der Waals surface area contributed by atoms with Gasteiger partial charge in [0.2, 0.25) is 6.08 Å². The van der Waals surface area contributed by atoms with Crippen molar-refractivity contribution in [1.82, 2.24) is 0 Å². The van der Waals surface area contributed by atoms with Crippen LogP contribution in [-0.4, -0.2) is 40.9 Å². The first kappa shape index (κ1) is 12.8. The fraction of sp³-hybridized carbons (Fsp3) is 0.857. The topological polar surface area (TPSA) is 47.9 Å². The van der Waals surface area contributed by atoms with Gasteiger partial charge in [-0.15, -0.1) is 11.6 Å². The van der Waals surface area contributed by atoms with Crippen LogP contribution in [0.15, 0.2) is 4.99 Å². The first-order valence-corrected chi connectivity index (χ1v) is 6.71. The van der Waals surface area contributed by atoms with Crippen LogP contribution in [0.25, 0.3) is 0 Å². The summed E-state index contributed by atoms with van der Waals surface area (Å²) < 4.78 is 10.5. The number of nitrogens with zero attached hydrogens (tertiary/aromatic N) is 1. The Kier molecular flexibility index (Phi) is 7.13. The highest BCUT2D eigenvalue weighted by molar-refractivity contribution is 6.74. The summed E-state index contributed by atoms with van der Waals surface area (Å²) in [6, 6.07) is 0.745. The number of alkyl halides is 1. The van der Waals surface area contributed by atoms with Crippen LogP contribution in [0.3, 0.4) is 0 Å². The number of hydrogen-bond donors (Lipinski definition) is 0. The number of isocyanates is 1. The van der Waals surface area contributed by atoms with Crippen LogP contribution in [0.1, 0.15) is 6.42 Å². The van der Waals surface area contributed by atoms with Gasteiger partial charge in [0.1, 0.15) is 0 Å². The summed E-state index contributed by atoms with van der Waals surface area (Å²) in [5, 5.41) is 0. The van der Waals surface area contributed by atoms with E-state index in [4.69, 9.17) is 20.5 Å². The molecule has 0 fully saturated rings. The van der Waals surface area contributed by atoms with Gasteiger partial charge in [0.15, 0.2) is 0 Å². The zero-order valence-corrected chi connectivity index (χ0v) is 9.63. The Balaban J connectivity index is 3.87. The van der Waals surface area contributed by atoms with Gasteiger partial charge in [-0.1, -0.05) is 0 Å². The quantitative estimate of drug-likeness (QED) is 0.214. The molecular weight excluding hydrogens is 210 g/mol. The second-order valence-corrected chi connectivity index (χ2v) is 6.74. The van der Waals surface area contributed by atoms with Crippen LogP contribution in [0, 0.1) is 0 Å². The lowest BCUT2D eigenvalue weighted by molar-refractivity contribution is 0.247. The van der Waals surface area contributed by atoms with E-state index in [9.17, 15) is 4.79 Å². The first-order chi connectivity index (χ1) is 6.24. The molecule has 0 aliphatic carbocycles. The maximum absolute atomic E-state index is 9.77. The molecule has 0 N–H and O–H groups in total. The Morgan fingerprint density at radius 1 is 1.46 bits per heavy atom. The van der Waals surface area contributed by atoms with E-state index in [0.29, 0.717) is 12.0 Å². The number of carbonyl (C=O) groups excluding carboxylic acids is 1. The highest BCUT2D eigenvalue weighted by Crippen LogP contribution is 2.15. The Morgan fingerprint density at radius 3 is 2.46 bits per heavy atom. The zero-order chi connectivity index (χ0) is 10.2. The average Bonchev–Trinajstić information content (AvgIpc) is 2.20. The van der Waals surface area contributed by atoms with Crippen molar-refractivity contribution in [2.45, 2.75) is 12.5 Å². The zero-order valence-electron chi connectivity index (χ0n) is 7.88. The van der Waals surface area contributed by atoms with E-state index in [2.05, 4.69) is 4.99 Å². The molecule has 0 bridgehead atoms. The third-order valence-corrected chi connectivity index (χ3v) is 6.07. The summed E-state index contributed by atoms with van der Waals surface area (Å²) in [5.41, 5.74) is 0.394. The highest BCUT2D eigenvalue weighted by Gasteiger charge is 2.33. The molecule has 76 valence electrons. The van der Waals surface area contributed by atoms with Gasteiger partial charge in [-0.2, -0.15) is 0 Å². The summed E-state index contributed by atoms with van der Waals surface area (Å²) in [6.45, 7) is 0.460. The Labute approximate surface area is 84.1 Å². The van der Waals surface area contributed by atoms with Gasteiger partial charge >= 0.3 is 8.56 Å². The van der Waals surface area contributed by atoms with Gasteiger partial charge in [-0.3, -0.25) is 0 Å². The lowest BCUT2D eigenvalue weighted by Crippen LogP contribution is -2.42. The molecule has 0 saturated heterocycles. The minimum absolute atomic E-state index is 0.394. The molecule has 0 aromatic carbocycles. The molecule has 4 nitrogen and oxygen atoms in total. The molecule has 0 atom stereocenters. The molecule has 0 aromatic heterocycles. The molecule has 0 spiro atoms. The predicted molar refractivity (Wildman–Crippen MR) is 52.9 cm³/mol. The first-order valence-electron chi connectivity index (χ1n) is 3.94. The lowest BCUT2D eigenvalue weighted by Gasteiger charge is -2.24. The molecule has 0 rings (SSSR count). The molecule has 0 amide bonds. The van der Waals surface area contributed by atoms with Crippen molar-refractivity contribution in [2.24, 2.45) is 4.99 Å². The molecule has 0 aliphatic rings. The third kappa shape index (κ3) is 4.54. The van der Waals surface area contributed by atoms with Crippen molar-refractivity contribution >= 4 is 26.2 Å². The van der Waals surface area contributed by atoms with Crippen LogP contribution < -0.4 is 0 Å². The minimum Gasteiger partial charge on any atom is -0.397 e. The SMILES string of the molecule is CO[Si](CCl)(CCCN=C=O)OC. The van der Waals surface area contributed by atoms with Crippen LogP contribution in [0.4, 0.5) is 0 Å². The molecule has 0 aromatic rings. The number of halogens is 1. The van der Waals surface area contributed by atoms with Gasteiger partial charge in [-0.05, 0) is 12.5 Å². The Bertz CT molecular complexity index is 172. The van der Waals surface area contributed by atoms with Crippen molar-refractivity contribution in [3.05, 3.63) is 0 Å². The highest BCUT2D eigenvalue weighted by atomic mass is 35.5. The smallest absolute Gasteiger partial charge is 0.352 e. The van der Waals surface area contributed by atoms with Crippen molar-refractivity contribution in [2.75, 3.05) is 26.3 Å². The molecule has 0 heterocycles. The standard InChI is InChI=1S/C7H14ClNO3Si/c1-11-13(6-8,12-2)5-3-4-9-7-10/h3-6H2,1-2H3.